The SMILES string of the molecule is COc1ccc(NC(=O)CSc2nnc(-c3ccccc3)n2Cc2ccccc2)cc1. The Morgan fingerprint density at radius 1 is 0.935 bits per heavy atom. The lowest BCUT2D eigenvalue weighted by Crippen LogP contribution is -2.14. The highest BCUT2D eigenvalue weighted by atomic mass is 32.2. The predicted octanol–water partition coefficient (Wildman–Crippen LogP) is 4.73. The van der Waals surface area contributed by atoms with Crippen molar-refractivity contribution in [1.29, 1.82) is 0 Å². The van der Waals surface area contributed by atoms with E-state index in [0.29, 0.717) is 11.7 Å². The van der Waals surface area contributed by atoms with Crippen LogP contribution < -0.4 is 10.1 Å². The number of thioether (sulfide) groups is 1. The Balaban J connectivity index is 1.50. The first kappa shape index (κ1) is 20.7. The molecule has 4 aromatic rings. The van der Waals surface area contributed by atoms with Crippen molar-refractivity contribution in [3.8, 4) is 17.1 Å². The van der Waals surface area contributed by atoms with Crippen molar-refractivity contribution < 1.29 is 9.53 Å². The first-order chi connectivity index (χ1) is 15.2. The summed E-state index contributed by atoms with van der Waals surface area (Å²) in [6.45, 7) is 0.625. The van der Waals surface area contributed by atoms with Crippen molar-refractivity contribution >= 4 is 23.4 Å². The molecule has 0 aliphatic heterocycles. The fourth-order valence-electron chi connectivity index (χ4n) is 3.11. The molecule has 1 N–H and O–H groups in total. The molecule has 1 aromatic heterocycles. The zero-order chi connectivity index (χ0) is 21.5. The third kappa shape index (κ3) is 5.32. The van der Waals surface area contributed by atoms with Gasteiger partial charge in [0.05, 0.1) is 19.4 Å². The summed E-state index contributed by atoms with van der Waals surface area (Å²) in [4.78, 5) is 12.5. The normalized spacial score (nSPS) is 10.6. The molecular weight excluding hydrogens is 408 g/mol. The molecule has 4 rings (SSSR count). The molecule has 0 saturated heterocycles. The smallest absolute Gasteiger partial charge is 0.234 e. The lowest BCUT2D eigenvalue weighted by Gasteiger charge is -2.11. The molecule has 0 radical (unpaired) electrons. The Morgan fingerprint density at radius 3 is 2.29 bits per heavy atom. The molecule has 156 valence electrons. The summed E-state index contributed by atoms with van der Waals surface area (Å²) in [5, 5.41) is 12.4. The Hall–Kier alpha value is -3.58. The number of hydrogen-bond donors (Lipinski definition) is 1. The Labute approximate surface area is 185 Å². The van der Waals surface area contributed by atoms with Gasteiger partial charge in [0.25, 0.3) is 0 Å². The summed E-state index contributed by atoms with van der Waals surface area (Å²) < 4.78 is 7.20. The zero-order valence-electron chi connectivity index (χ0n) is 17.1. The minimum absolute atomic E-state index is 0.106. The quantitative estimate of drug-likeness (QED) is 0.409. The average molecular weight is 431 g/mol. The maximum absolute atomic E-state index is 12.5. The van der Waals surface area contributed by atoms with Crippen LogP contribution in [0.2, 0.25) is 0 Å². The summed E-state index contributed by atoms with van der Waals surface area (Å²) in [5.74, 6) is 1.65. The van der Waals surface area contributed by atoms with E-state index >= 15 is 0 Å². The van der Waals surface area contributed by atoms with Gasteiger partial charge in [-0.1, -0.05) is 72.4 Å². The maximum Gasteiger partial charge on any atom is 0.234 e. The van der Waals surface area contributed by atoms with Gasteiger partial charge in [0.15, 0.2) is 11.0 Å². The number of carbonyl (C=O) groups is 1. The second kappa shape index (κ2) is 9.95. The highest BCUT2D eigenvalue weighted by molar-refractivity contribution is 7.99. The number of hydrogen-bond acceptors (Lipinski definition) is 5. The summed E-state index contributed by atoms with van der Waals surface area (Å²) in [7, 11) is 1.61. The van der Waals surface area contributed by atoms with E-state index in [1.54, 1.807) is 7.11 Å². The summed E-state index contributed by atoms with van der Waals surface area (Å²) in [6, 6.07) is 27.3. The minimum atomic E-state index is -0.106. The zero-order valence-corrected chi connectivity index (χ0v) is 17.9. The van der Waals surface area contributed by atoms with Crippen LogP contribution in [0.3, 0.4) is 0 Å². The first-order valence-corrected chi connectivity index (χ1v) is 10.8. The van der Waals surface area contributed by atoms with Crippen LogP contribution in [0.25, 0.3) is 11.4 Å². The Kier molecular flexibility index (Phi) is 6.64. The van der Waals surface area contributed by atoms with E-state index in [9.17, 15) is 4.79 Å². The molecule has 0 spiro atoms. The molecule has 0 bridgehead atoms. The molecule has 0 atom stereocenters. The fraction of sp³-hybridized carbons (Fsp3) is 0.125. The molecule has 6 nitrogen and oxygen atoms in total. The van der Waals surface area contributed by atoms with Gasteiger partial charge in [-0.15, -0.1) is 10.2 Å². The van der Waals surface area contributed by atoms with Crippen LogP contribution in [0, 0.1) is 0 Å². The van der Waals surface area contributed by atoms with E-state index in [4.69, 9.17) is 4.74 Å². The van der Waals surface area contributed by atoms with E-state index in [1.165, 1.54) is 11.8 Å². The number of ether oxygens (including phenoxy) is 1. The van der Waals surface area contributed by atoms with Crippen LogP contribution in [0.4, 0.5) is 5.69 Å². The third-order valence-corrected chi connectivity index (χ3v) is 5.61. The van der Waals surface area contributed by atoms with E-state index < -0.39 is 0 Å². The lowest BCUT2D eigenvalue weighted by atomic mass is 10.2. The summed E-state index contributed by atoms with van der Waals surface area (Å²) >= 11 is 1.37. The fourth-order valence-corrected chi connectivity index (χ4v) is 3.84. The Morgan fingerprint density at radius 2 is 1.61 bits per heavy atom. The van der Waals surface area contributed by atoms with Gasteiger partial charge in [-0.05, 0) is 29.8 Å². The van der Waals surface area contributed by atoms with Gasteiger partial charge in [-0.2, -0.15) is 0 Å². The van der Waals surface area contributed by atoms with Crippen LogP contribution in [0.5, 0.6) is 5.75 Å². The Bertz CT molecular complexity index is 1130. The van der Waals surface area contributed by atoms with Gasteiger partial charge in [0.2, 0.25) is 5.91 Å². The number of aromatic nitrogens is 3. The molecule has 31 heavy (non-hydrogen) atoms. The van der Waals surface area contributed by atoms with E-state index in [1.807, 2.05) is 72.8 Å². The highest BCUT2D eigenvalue weighted by Crippen LogP contribution is 2.25. The van der Waals surface area contributed by atoms with Crippen molar-refractivity contribution in [1.82, 2.24) is 14.8 Å². The molecule has 0 aliphatic rings. The average Bonchev–Trinajstić information content (AvgIpc) is 3.22. The predicted molar refractivity (Wildman–Crippen MR) is 123 cm³/mol. The van der Waals surface area contributed by atoms with Gasteiger partial charge in [-0.3, -0.25) is 9.36 Å². The molecule has 0 unspecified atom stereocenters. The van der Waals surface area contributed by atoms with Crippen LogP contribution in [-0.2, 0) is 11.3 Å². The standard InChI is InChI=1S/C24H22N4O2S/c1-30-21-14-12-20(13-15-21)25-22(29)17-31-24-27-26-23(19-10-6-3-7-11-19)28(24)16-18-8-4-2-5-9-18/h2-15H,16-17H2,1H3,(H,25,29). The molecule has 1 heterocycles. The molecule has 1 amide bonds. The lowest BCUT2D eigenvalue weighted by molar-refractivity contribution is -0.113. The number of anilines is 1. The van der Waals surface area contributed by atoms with Gasteiger partial charge < -0.3 is 10.1 Å². The van der Waals surface area contributed by atoms with Crippen LogP contribution in [-0.4, -0.2) is 33.5 Å². The first-order valence-electron chi connectivity index (χ1n) is 9.82. The summed E-state index contributed by atoms with van der Waals surface area (Å²) in [6.07, 6.45) is 0. The van der Waals surface area contributed by atoms with Crippen molar-refractivity contribution in [2.45, 2.75) is 11.7 Å². The second-order valence-corrected chi connectivity index (χ2v) is 7.75. The van der Waals surface area contributed by atoms with Crippen LogP contribution in [0.1, 0.15) is 5.56 Å². The number of methoxy groups -OCH3 is 1. The van der Waals surface area contributed by atoms with Gasteiger partial charge in [0.1, 0.15) is 5.75 Å². The molecule has 0 aliphatic carbocycles. The number of amides is 1. The topological polar surface area (TPSA) is 69.0 Å². The third-order valence-electron chi connectivity index (χ3n) is 4.64. The molecule has 0 fully saturated rings. The van der Waals surface area contributed by atoms with Crippen LogP contribution >= 0.6 is 11.8 Å². The van der Waals surface area contributed by atoms with Crippen molar-refractivity contribution in [3.05, 3.63) is 90.5 Å². The van der Waals surface area contributed by atoms with Crippen molar-refractivity contribution in [2.75, 3.05) is 18.2 Å². The van der Waals surface area contributed by atoms with Crippen molar-refractivity contribution in [2.24, 2.45) is 0 Å². The van der Waals surface area contributed by atoms with Gasteiger partial charge >= 0.3 is 0 Å². The highest BCUT2D eigenvalue weighted by Gasteiger charge is 2.16. The van der Waals surface area contributed by atoms with Gasteiger partial charge in [-0.25, -0.2) is 0 Å². The van der Waals surface area contributed by atoms with Gasteiger partial charge in [0, 0.05) is 11.3 Å². The van der Waals surface area contributed by atoms with Crippen molar-refractivity contribution in [3.63, 3.8) is 0 Å². The maximum atomic E-state index is 12.5. The number of carbonyl (C=O) groups excluding carboxylic acids is 1. The van der Waals surface area contributed by atoms with E-state index in [0.717, 1.165) is 28.4 Å². The van der Waals surface area contributed by atoms with Crippen LogP contribution in [0.15, 0.2) is 90.1 Å². The number of nitrogens with zero attached hydrogens (tertiary/aromatic N) is 3. The van der Waals surface area contributed by atoms with E-state index in [-0.39, 0.29) is 11.7 Å². The number of rotatable bonds is 8. The largest absolute Gasteiger partial charge is 0.497 e. The molecule has 7 heteroatoms. The second-order valence-electron chi connectivity index (χ2n) is 6.81. The molecule has 0 saturated carbocycles. The molecule has 3 aromatic carbocycles. The number of nitrogens with one attached hydrogen (secondary N) is 1. The summed E-state index contributed by atoms with van der Waals surface area (Å²) in [5.41, 5.74) is 2.85. The molecular formula is C24H22N4O2S. The number of benzene rings is 3. The van der Waals surface area contributed by atoms with E-state index in [2.05, 4.69) is 32.2 Å². The monoisotopic (exact) mass is 430 g/mol. The minimum Gasteiger partial charge on any atom is -0.497 e.